The fraction of sp³-hybridized carbons (Fsp3) is 0.333. The highest BCUT2D eigenvalue weighted by molar-refractivity contribution is 7.83. The third-order valence-electron chi connectivity index (χ3n) is 3.30. The van der Waals surface area contributed by atoms with E-state index in [9.17, 15) is 4.21 Å². The topological polar surface area (TPSA) is 78.1 Å². The van der Waals surface area contributed by atoms with Gasteiger partial charge in [-0.2, -0.15) is 0 Å². The normalized spacial score (nSPS) is 15.2. The first kappa shape index (κ1) is 15.6. The van der Waals surface area contributed by atoms with E-state index in [2.05, 4.69) is 16.9 Å². The number of hydrogen-bond donors (Lipinski definition) is 1. The van der Waals surface area contributed by atoms with Crippen LogP contribution >= 0.6 is 0 Å². The van der Waals surface area contributed by atoms with Crippen molar-refractivity contribution in [3.63, 3.8) is 0 Å². The fourth-order valence-electron chi connectivity index (χ4n) is 2.07. The largest absolute Gasteiger partial charge is 0.454 e. The molecule has 0 aliphatic heterocycles. The van der Waals surface area contributed by atoms with E-state index in [0.717, 1.165) is 12.2 Å². The van der Waals surface area contributed by atoms with Gasteiger partial charge in [0.15, 0.2) is 5.75 Å². The van der Waals surface area contributed by atoms with Crippen molar-refractivity contribution >= 4 is 11.0 Å². The smallest absolute Gasteiger partial charge is 0.163 e. The molecule has 2 unspecified atom stereocenters. The van der Waals surface area contributed by atoms with Gasteiger partial charge in [-0.3, -0.25) is 5.14 Å². The fourth-order valence-corrected chi connectivity index (χ4v) is 2.55. The summed E-state index contributed by atoms with van der Waals surface area (Å²) in [7, 11) is -1.27. The molecule has 0 radical (unpaired) electrons. The molecular formula is C15H19N3O2S. The zero-order valence-corrected chi connectivity index (χ0v) is 12.9. The van der Waals surface area contributed by atoms with Crippen LogP contribution in [0.3, 0.4) is 0 Å². The summed E-state index contributed by atoms with van der Waals surface area (Å²) in [6, 6.07) is 7.83. The highest BCUT2D eigenvalue weighted by atomic mass is 32.2. The van der Waals surface area contributed by atoms with E-state index in [1.54, 1.807) is 12.4 Å². The first-order valence-electron chi connectivity index (χ1n) is 6.74. The maximum Gasteiger partial charge on any atom is 0.163 e. The summed E-state index contributed by atoms with van der Waals surface area (Å²) < 4.78 is 16.9. The van der Waals surface area contributed by atoms with Gasteiger partial charge in [-0.05, 0) is 37.0 Å². The van der Waals surface area contributed by atoms with Gasteiger partial charge in [-0.15, -0.1) is 0 Å². The molecule has 5 nitrogen and oxygen atoms in total. The predicted molar refractivity (Wildman–Crippen MR) is 83.4 cm³/mol. The van der Waals surface area contributed by atoms with Gasteiger partial charge in [0.25, 0.3) is 0 Å². The maximum absolute atomic E-state index is 11.2. The van der Waals surface area contributed by atoms with Crippen LogP contribution in [0.25, 0.3) is 0 Å². The number of nitrogens with zero attached hydrogens (tertiary/aromatic N) is 2. The van der Waals surface area contributed by atoms with Crippen LogP contribution in [-0.4, -0.2) is 19.4 Å². The highest BCUT2D eigenvalue weighted by Crippen LogP contribution is 2.26. The molecule has 2 rings (SSSR count). The molecule has 0 fully saturated rings. The Morgan fingerprint density at radius 1 is 1.14 bits per heavy atom. The number of rotatable bonds is 6. The van der Waals surface area contributed by atoms with Crippen molar-refractivity contribution in [2.75, 3.05) is 0 Å². The number of ether oxygens (including phenoxy) is 1. The lowest BCUT2D eigenvalue weighted by atomic mass is 9.96. The minimum absolute atomic E-state index is 0.0163. The van der Waals surface area contributed by atoms with Crippen molar-refractivity contribution in [2.24, 2.45) is 5.14 Å². The molecule has 3 atom stereocenters. The molecule has 0 amide bonds. The lowest BCUT2D eigenvalue weighted by molar-refractivity contribution is 0.477. The molecule has 0 bridgehead atoms. The van der Waals surface area contributed by atoms with Crippen LogP contribution in [0, 0.1) is 0 Å². The quantitative estimate of drug-likeness (QED) is 0.890. The average molecular weight is 305 g/mol. The van der Waals surface area contributed by atoms with Crippen LogP contribution < -0.4 is 9.88 Å². The first-order valence-corrected chi connectivity index (χ1v) is 8.01. The summed E-state index contributed by atoms with van der Waals surface area (Å²) in [4.78, 5) is 7.80. The summed E-state index contributed by atoms with van der Waals surface area (Å²) in [6.45, 7) is 4.00. The molecule has 1 aromatic carbocycles. The van der Waals surface area contributed by atoms with Gasteiger partial charge in [0.05, 0.1) is 23.4 Å². The van der Waals surface area contributed by atoms with Crippen LogP contribution in [0.5, 0.6) is 11.5 Å². The molecule has 0 aliphatic rings. The molecule has 0 saturated carbocycles. The van der Waals surface area contributed by atoms with Gasteiger partial charge in [-0.1, -0.05) is 19.1 Å². The van der Waals surface area contributed by atoms with Crippen molar-refractivity contribution in [3.8, 4) is 11.5 Å². The van der Waals surface area contributed by atoms with Gasteiger partial charge in [0.2, 0.25) is 0 Å². The Hall–Kier alpha value is -1.79. The minimum atomic E-state index is -1.27. The lowest BCUT2D eigenvalue weighted by Gasteiger charge is -2.16. The Morgan fingerprint density at radius 2 is 1.76 bits per heavy atom. The van der Waals surface area contributed by atoms with Gasteiger partial charge in [-0.25, -0.2) is 14.2 Å². The SMILES string of the molecule is CC(C[C@H](C)c1ccc(Oc2cncnc2)cc1)S(N)=O. The molecule has 1 heterocycles. The number of aromatic nitrogens is 2. The van der Waals surface area contributed by atoms with Gasteiger partial charge in [0.1, 0.15) is 12.1 Å². The van der Waals surface area contributed by atoms with Gasteiger partial charge in [0, 0.05) is 5.25 Å². The van der Waals surface area contributed by atoms with Crippen LogP contribution in [0.15, 0.2) is 43.0 Å². The first-order chi connectivity index (χ1) is 10.1. The minimum Gasteiger partial charge on any atom is -0.454 e. The second-order valence-electron chi connectivity index (χ2n) is 5.02. The summed E-state index contributed by atoms with van der Waals surface area (Å²) in [6.07, 6.45) is 5.47. The Balaban J connectivity index is 2.00. The van der Waals surface area contributed by atoms with Crippen molar-refractivity contribution in [1.29, 1.82) is 0 Å². The maximum atomic E-state index is 11.2. The summed E-state index contributed by atoms with van der Waals surface area (Å²) in [5.74, 6) is 1.63. The van der Waals surface area contributed by atoms with E-state index in [-0.39, 0.29) is 5.25 Å². The molecule has 0 aliphatic carbocycles. The summed E-state index contributed by atoms with van der Waals surface area (Å²) in [5.41, 5.74) is 1.17. The Morgan fingerprint density at radius 3 is 2.33 bits per heavy atom. The van der Waals surface area contributed by atoms with E-state index in [1.807, 2.05) is 31.2 Å². The molecule has 1 aromatic heterocycles. The summed E-state index contributed by atoms with van der Waals surface area (Å²) in [5, 5.41) is 5.40. The van der Waals surface area contributed by atoms with Crippen LogP contribution in [0.4, 0.5) is 0 Å². The van der Waals surface area contributed by atoms with Crippen LogP contribution in [0.1, 0.15) is 31.7 Å². The van der Waals surface area contributed by atoms with E-state index in [0.29, 0.717) is 11.7 Å². The van der Waals surface area contributed by atoms with Gasteiger partial charge >= 0.3 is 0 Å². The Bertz CT molecular complexity index is 590. The van der Waals surface area contributed by atoms with Crippen LogP contribution in [0.2, 0.25) is 0 Å². The molecular weight excluding hydrogens is 286 g/mol. The van der Waals surface area contributed by atoms with Gasteiger partial charge < -0.3 is 4.74 Å². The van der Waals surface area contributed by atoms with E-state index < -0.39 is 11.0 Å². The highest BCUT2D eigenvalue weighted by Gasteiger charge is 2.14. The van der Waals surface area contributed by atoms with Crippen molar-refractivity contribution < 1.29 is 8.95 Å². The van der Waals surface area contributed by atoms with E-state index in [4.69, 9.17) is 9.88 Å². The molecule has 2 aromatic rings. The molecule has 21 heavy (non-hydrogen) atoms. The molecule has 0 spiro atoms. The zero-order valence-electron chi connectivity index (χ0n) is 12.1. The van der Waals surface area contributed by atoms with E-state index in [1.165, 1.54) is 11.9 Å². The molecule has 0 saturated heterocycles. The molecule has 6 heteroatoms. The number of nitrogens with two attached hydrogens (primary N) is 1. The standard InChI is InChI=1S/C15H19N3O2S/c1-11(7-12(2)21(16)19)13-3-5-14(6-4-13)20-15-8-17-10-18-9-15/h3-6,8-12H,7,16H2,1-2H3/t11-,12?,21?/m0/s1. The third-order valence-corrected chi connectivity index (χ3v) is 4.29. The van der Waals surface area contributed by atoms with Crippen molar-refractivity contribution in [3.05, 3.63) is 48.5 Å². The third kappa shape index (κ3) is 4.61. The lowest BCUT2D eigenvalue weighted by Crippen LogP contribution is -2.20. The Labute approximate surface area is 127 Å². The van der Waals surface area contributed by atoms with E-state index >= 15 is 0 Å². The second-order valence-corrected chi connectivity index (χ2v) is 6.48. The second kappa shape index (κ2) is 7.28. The summed E-state index contributed by atoms with van der Waals surface area (Å²) >= 11 is 0. The zero-order chi connectivity index (χ0) is 15.2. The van der Waals surface area contributed by atoms with Crippen LogP contribution in [-0.2, 0) is 11.0 Å². The predicted octanol–water partition coefficient (Wildman–Crippen LogP) is 2.77. The number of hydrogen-bond acceptors (Lipinski definition) is 4. The molecule has 112 valence electrons. The molecule has 2 N–H and O–H groups in total. The average Bonchev–Trinajstić information content (AvgIpc) is 2.48. The monoisotopic (exact) mass is 305 g/mol. The van der Waals surface area contributed by atoms with Crippen molar-refractivity contribution in [2.45, 2.75) is 31.4 Å². The number of benzene rings is 1. The Kier molecular flexibility index (Phi) is 5.41. The van der Waals surface area contributed by atoms with Crippen molar-refractivity contribution in [1.82, 2.24) is 9.97 Å².